The number of allylic oxidation sites excluding steroid dienone is 1. The summed E-state index contributed by atoms with van der Waals surface area (Å²) in [5, 5.41) is 0. The van der Waals surface area contributed by atoms with E-state index in [9.17, 15) is 0 Å². The van der Waals surface area contributed by atoms with E-state index >= 15 is 0 Å². The Bertz CT molecular complexity index is 264. The third kappa shape index (κ3) is 2.24. The highest BCUT2D eigenvalue weighted by Crippen LogP contribution is 2.26. The summed E-state index contributed by atoms with van der Waals surface area (Å²) in [6.45, 7) is 1.05. The molecule has 1 heterocycles. The number of hydrogen-bond donors (Lipinski definition) is 1. The quantitative estimate of drug-likeness (QED) is 0.755. The molecule has 1 saturated carbocycles. The Kier molecular flexibility index (Phi) is 3.36. The van der Waals surface area contributed by atoms with E-state index < -0.39 is 0 Å². The van der Waals surface area contributed by atoms with E-state index in [1.54, 1.807) is 0 Å². The van der Waals surface area contributed by atoms with Crippen molar-refractivity contribution in [1.29, 1.82) is 0 Å². The summed E-state index contributed by atoms with van der Waals surface area (Å²) in [6.07, 6.45) is 11.2. The topological polar surface area (TPSA) is 29.3 Å². The molecule has 0 bridgehead atoms. The lowest BCUT2D eigenvalue weighted by molar-refractivity contribution is 0.232. The number of hydrogen-bond acceptors (Lipinski definition) is 2. The van der Waals surface area contributed by atoms with Crippen LogP contribution in [0.3, 0.4) is 0 Å². The maximum atomic E-state index is 5.92. The zero-order chi connectivity index (χ0) is 9.97. The predicted molar refractivity (Wildman–Crippen MR) is 68.0 cm³/mol. The summed E-state index contributed by atoms with van der Waals surface area (Å²) in [5.41, 5.74) is 6.85. The van der Waals surface area contributed by atoms with Crippen LogP contribution < -0.4 is 5.73 Å². The molecule has 1 aliphatic heterocycles. The lowest BCUT2D eigenvalue weighted by Gasteiger charge is -2.34. The van der Waals surface area contributed by atoms with Gasteiger partial charge in [0.25, 0.3) is 0 Å². The van der Waals surface area contributed by atoms with E-state index in [1.807, 2.05) is 0 Å². The van der Waals surface area contributed by atoms with E-state index in [4.69, 9.17) is 5.73 Å². The smallest absolute Gasteiger partial charge is 0.0608 e. The van der Waals surface area contributed by atoms with Crippen molar-refractivity contribution < 1.29 is 0 Å². The third-order valence-corrected chi connectivity index (χ3v) is 4.17. The molecule has 0 spiro atoms. The average Bonchev–Trinajstić information content (AvgIpc) is 2.23. The van der Waals surface area contributed by atoms with Crippen LogP contribution in [0.15, 0.2) is 21.6 Å². The Morgan fingerprint density at radius 2 is 2.00 bits per heavy atom. The van der Waals surface area contributed by atoms with Crippen LogP contribution in [-0.2, 0) is 0 Å². The van der Waals surface area contributed by atoms with Crippen molar-refractivity contribution >= 4 is 22.6 Å². The van der Waals surface area contributed by atoms with Gasteiger partial charge in [-0.1, -0.05) is 19.3 Å². The first-order valence-electron chi connectivity index (χ1n) is 5.36. The molecule has 3 heteroatoms. The zero-order valence-corrected chi connectivity index (χ0v) is 10.5. The van der Waals surface area contributed by atoms with Crippen LogP contribution in [0, 0.1) is 0 Å². The summed E-state index contributed by atoms with van der Waals surface area (Å²) >= 11 is 2.30. The van der Waals surface area contributed by atoms with E-state index in [1.165, 1.54) is 35.7 Å². The molecule has 2 rings (SSSR count). The predicted octanol–water partition coefficient (Wildman–Crippen LogP) is 2.75. The van der Waals surface area contributed by atoms with Crippen molar-refractivity contribution in [1.82, 2.24) is 4.90 Å². The minimum absolute atomic E-state index is 0.739. The first-order chi connectivity index (χ1) is 6.77. The van der Waals surface area contributed by atoms with Crippen molar-refractivity contribution in [3.8, 4) is 0 Å². The largest absolute Gasteiger partial charge is 0.397 e. The fraction of sp³-hybridized carbons (Fsp3) is 0.636. The highest BCUT2D eigenvalue weighted by molar-refractivity contribution is 14.1. The van der Waals surface area contributed by atoms with Gasteiger partial charge in [0, 0.05) is 22.4 Å². The van der Waals surface area contributed by atoms with Gasteiger partial charge in [-0.05, 0) is 41.5 Å². The van der Waals surface area contributed by atoms with Crippen LogP contribution in [0.4, 0.5) is 0 Å². The molecular weight excluding hydrogens is 287 g/mol. The SMILES string of the molecule is NC1=CN(C2CCCCC2)CC=C1I. The minimum atomic E-state index is 0.739. The van der Waals surface area contributed by atoms with Gasteiger partial charge in [0.15, 0.2) is 0 Å². The Hall–Kier alpha value is -0.190. The molecular formula is C11H17IN2. The van der Waals surface area contributed by atoms with Gasteiger partial charge in [-0.25, -0.2) is 0 Å². The average molecular weight is 304 g/mol. The Labute approximate surface area is 99.4 Å². The highest BCUT2D eigenvalue weighted by Gasteiger charge is 2.20. The highest BCUT2D eigenvalue weighted by atomic mass is 127. The van der Waals surface area contributed by atoms with Crippen molar-refractivity contribution in [2.24, 2.45) is 5.73 Å². The maximum absolute atomic E-state index is 5.92. The standard InChI is InChI=1S/C11H17IN2/c12-10-6-7-14(8-11(10)13)9-4-2-1-3-5-9/h6,8-9H,1-5,7,13H2. The van der Waals surface area contributed by atoms with Crippen molar-refractivity contribution in [2.75, 3.05) is 6.54 Å². The summed E-state index contributed by atoms with van der Waals surface area (Å²) in [5.74, 6) is 0. The molecule has 0 radical (unpaired) electrons. The van der Waals surface area contributed by atoms with Crippen molar-refractivity contribution in [3.63, 3.8) is 0 Å². The molecule has 2 aliphatic rings. The van der Waals surface area contributed by atoms with Crippen molar-refractivity contribution in [3.05, 3.63) is 21.6 Å². The van der Waals surface area contributed by atoms with Crippen molar-refractivity contribution in [2.45, 2.75) is 38.1 Å². The van der Waals surface area contributed by atoms with Gasteiger partial charge in [0.2, 0.25) is 0 Å². The van der Waals surface area contributed by atoms with Gasteiger partial charge in [-0.3, -0.25) is 0 Å². The maximum Gasteiger partial charge on any atom is 0.0608 e. The molecule has 1 fully saturated rings. The van der Waals surface area contributed by atoms with E-state index in [0.717, 1.165) is 18.3 Å². The minimum Gasteiger partial charge on any atom is -0.397 e. The molecule has 78 valence electrons. The van der Waals surface area contributed by atoms with E-state index in [-0.39, 0.29) is 0 Å². The monoisotopic (exact) mass is 304 g/mol. The molecule has 0 atom stereocenters. The molecule has 0 aromatic carbocycles. The number of halogens is 1. The van der Waals surface area contributed by atoms with Crippen LogP contribution in [0.2, 0.25) is 0 Å². The summed E-state index contributed by atoms with van der Waals surface area (Å²) in [6, 6.07) is 0.739. The van der Waals surface area contributed by atoms with Gasteiger partial charge in [-0.15, -0.1) is 0 Å². The summed E-state index contributed by atoms with van der Waals surface area (Å²) < 4.78 is 1.20. The summed E-state index contributed by atoms with van der Waals surface area (Å²) in [4.78, 5) is 2.41. The molecule has 0 aromatic heterocycles. The summed E-state index contributed by atoms with van der Waals surface area (Å²) in [7, 11) is 0. The Morgan fingerprint density at radius 1 is 1.29 bits per heavy atom. The van der Waals surface area contributed by atoms with Crippen LogP contribution in [0.25, 0.3) is 0 Å². The lowest BCUT2D eigenvalue weighted by Crippen LogP contribution is -2.35. The zero-order valence-electron chi connectivity index (χ0n) is 8.38. The molecule has 0 saturated heterocycles. The van der Waals surface area contributed by atoms with E-state index in [2.05, 4.69) is 39.8 Å². The third-order valence-electron chi connectivity index (χ3n) is 3.11. The van der Waals surface area contributed by atoms with Crippen LogP contribution >= 0.6 is 22.6 Å². The molecule has 1 aliphatic carbocycles. The molecule has 0 aromatic rings. The molecule has 14 heavy (non-hydrogen) atoms. The van der Waals surface area contributed by atoms with Gasteiger partial charge >= 0.3 is 0 Å². The second-order valence-electron chi connectivity index (χ2n) is 4.13. The molecule has 2 N–H and O–H groups in total. The molecule has 2 nitrogen and oxygen atoms in total. The first kappa shape index (κ1) is 10.3. The molecule has 0 amide bonds. The number of rotatable bonds is 1. The van der Waals surface area contributed by atoms with Crippen LogP contribution in [-0.4, -0.2) is 17.5 Å². The fourth-order valence-corrected chi connectivity index (χ4v) is 2.60. The van der Waals surface area contributed by atoms with Gasteiger partial charge in [0.05, 0.1) is 5.70 Å². The van der Waals surface area contributed by atoms with Gasteiger partial charge in [-0.2, -0.15) is 0 Å². The normalized spacial score (nSPS) is 24.5. The first-order valence-corrected chi connectivity index (χ1v) is 6.44. The second-order valence-corrected chi connectivity index (χ2v) is 5.29. The van der Waals surface area contributed by atoms with Crippen LogP contribution in [0.1, 0.15) is 32.1 Å². The van der Waals surface area contributed by atoms with Gasteiger partial charge in [0.1, 0.15) is 0 Å². The Morgan fingerprint density at radius 3 is 2.64 bits per heavy atom. The van der Waals surface area contributed by atoms with Gasteiger partial charge < -0.3 is 10.6 Å². The molecule has 0 unspecified atom stereocenters. The lowest BCUT2D eigenvalue weighted by atomic mass is 9.94. The van der Waals surface area contributed by atoms with Crippen LogP contribution in [0.5, 0.6) is 0 Å². The second kappa shape index (κ2) is 4.55. The Balaban J connectivity index is 1.99. The number of nitrogens with two attached hydrogens (primary N) is 1. The fourth-order valence-electron chi connectivity index (χ4n) is 2.26. The number of nitrogens with zero attached hydrogens (tertiary/aromatic N) is 1. The van der Waals surface area contributed by atoms with E-state index in [0.29, 0.717) is 0 Å².